The zero-order valence-corrected chi connectivity index (χ0v) is 12.7. The smallest absolute Gasteiger partial charge is 0.220 e. The van der Waals surface area contributed by atoms with Gasteiger partial charge in [-0.05, 0) is 31.4 Å². The second-order valence-corrected chi connectivity index (χ2v) is 5.42. The number of hydrogen-bond donors (Lipinski definition) is 4. The summed E-state index contributed by atoms with van der Waals surface area (Å²) in [4.78, 5) is 21.9. The highest BCUT2D eigenvalue weighted by molar-refractivity contribution is 7.81. The van der Waals surface area contributed by atoms with E-state index in [-0.39, 0.29) is 17.1 Å². The minimum absolute atomic E-state index is 0.00201. The fourth-order valence-electron chi connectivity index (χ4n) is 1.45. The van der Waals surface area contributed by atoms with Crippen LogP contribution in [0.5, 0.6) is 0 Å². The summed E-state index contributed by atoms with van der Waals surface area (Å²) in [6.45, 7) is 2.87. The van der Waals surface area contributed by atoms with E-state index < -0.39 is 0 Å². The molecule has 0 aromatic rings. The lowest BCUT2D eigenvalue weighted by Crippen LogP contribution is -2.26. The normalized spacial score (nSPS) is 11.9. The standard InChI is InChI=1S/C12H24N2O2S2/c1-10(15)13-7-2-4-11(18)6-8-14-12(16)5-3-9-17/h11,17-18H,2-9H2,1H3,(H,13,15)(H,14,16). The first-order chi connectivity index (χ1) is 8.56. The third-order valence-corrected chi connectivity index (χ3v) is 3.28. The monoisotopic (exact) mass is 292 g/mol. The largest absolute Gasteiger partial charge is 0.356 e. The van der Waals surface area contributed by atoms with E-state index >= 15 is 0 Å². The highest BCUT2D eigenvalue weighted by Gasteiger charge is 2.05. The van der Waals surface area contributed by atoms with Crippen LogP contribution in [0.2, 0.25) is 0 Å². The summed E-state index contributed by atoms with van der Waals surface area (Å²) in [5.41, 5.74) is 0. The number of amides is 2. The summed E-state index contributed by atoms with van der Waals surface area (Å²) < 4.78 is 0. The second kappa shape index (κ2) is 11.7. The van der Waals surface area contributed by atoms with E-state index in [0.29, 0.717) is 19.5 Å². The fourth-order valence-corrected chi connectivity index (χ4v) is 1.92. The van der Waals surface area contributed by atoms with Gasteiger partial charge in [0, 0.05) is 31.7 Å². The predicted octanol–water partition coefficient (Wildman–Crippen LogP) is 1.42. The topological polar surface area (TPSA) is 58.2 Å². The summed E-state index contributed by atoms with van der Waals surface area (Å²) in [5, 5.41) is 5.88. The van der Waals surface area contributed by atoms with E-state index in [9.17, 15) is 9.59 Å². The van der Waals surface area contributed by atoms with Crippen molar-refractivity contribution in [2.24, 2.45) is 0 Å². The molecule has 106 valence electrons. The number of rotatable bonds is 10. The van der Waals surface area contributed by atoms with Gasteiger partial charge in [-0.3, -0.25) is 9.59 Å². The number of hydrogen-bond acceptors (Lipinski definition) is 4. The number of nitrogens with one attached hydrogen (secondary N) is 2. The van der Waals surface area contributed by atoms with Crippen molar-refractivity contribution in [3.05, 3.63) is 0 Å². The second-order valence-electron chi connectivity index (χ2n) is 4.24. The van der Waals surface area contributed by atoms with Gasteiger partial charge >= 0.3 is 0 Å². The molecule has 6 heteroatoms. The van der Waals surface area contributed by atoms with Crippen LogP contribution in [-0.2, 0) is 9.59 Å². The molecule has 1 unspecified atom stereocenters. The first-order valence-electron chi connectivity index (χ1n) is 6.36. The van der Waals surface area contributed by atoms with Crippen molar-refractivity contribution in [3.63, 3.8) is 0 Å². The molecule has 0 bridgehead atoms. The highest BCUT2D eigenvalue weighted by atomic mass is 32.1. The average molecular weight is 292 g/mol. The molecule has 0 aliphatic heterocycles. The van der Waals surface area contributed by atoms with Crippen molar-refractivity contribution >= 4 is 37.1 Å². The molecule has 0 aromatic heterocycles. The van der Waals surface area contributed by atoms with Crippen molar-refractivity contribution in [3.8, 4) is 0 Å². The first-order valence-corrected chi connectivity index (χ1v) is 7.51. The van der Waals surface area contributed by atoms with Gasteiger partial charge < -0.3 is 10.6 Å². The molecule has 0 heterocycles. The zero-order chi connectivity index (χ0) is 13.8. The third kappa shape index (κ3) is 12.1. The summed E-state index contributed by atoms with van der Waals surface area (Å²) in [6.07, 6.45) is 4.08. The van der Waals surface area contributed by atoms with Crippen LogP contribution in [0, 0.1) is 0 Å². The molecule has 0 rings (SSSR count). The summed E-state index contributed by atoms with van der Waals surface area (Å²) in [7, 11) is 0. The van der Waals surface area contributed by atoms with Crippen LogP contribution in [0.1, 0.15) is 39.0 Å². The van der Waals surface area contributed by atoms with Gasteiger partial charge in [0.15, 0.2) is 0 Å². The van der Waals surface area contributed by atoms with Gasteiger partial charge in [-0.2, -0.15) is 25.3 Å². The molecule has 0 aliphatic rings. The van der Waals surface area contributed by atoms with Gasteiger partial charge in [0.1, 0.15) is 0 Å². The maximum Gasteiger partial charge on any atom is 0.220 e. The van der Waals surface area contributed by atoms with Crippen LogP contribution < -0.4 is 10.6 Å². The molecule has 18 heavy (non-hydrogen) atoms. The van der Waals surface area contributed by atoms with E-state index in [1.807, 2.05) is 0 Å². The molecule has 0 saturated carbocycles. The Morgan fingerprint density at radius 2 is 1.83 bits per heavy atom. The van der Waals surface area contributed by atoms with Crippen molar-refractivity contribution in [1.29, 1.82) is 0 Å². The Balaban J connectivity index is 3.38. The quantitative estimate of drug-likeness (QED) is 0.363. The van der Waals surface area contributed by atoms with Crippen LogP contribution in [0.25, 0.3) is 0 Å². The van der Waals surface area contributed by atoms with Gasteiger partial charge in [0.05, 0.1) is 0 Å². The first kappa shape index (κ1) is 17.6. The molecule has 0 aliphatic carbocycles. The molecule has 2 N–H and O–H groups in total. The molecule has 1 atom stereocenters. The molecule has 2 amide bonds. The highest BCUT2D eigenvalue weighted by Crippen LogP contribution is 2.08. The minimum atomic E-state index is 0.00201. The SMILES string of the molecule is CC(=O)NCCCC(S)CCNC(=O)CCCS. The Bertz CT molecular complexity index is 250. The zero-order valence-electron chi connectivity index (χ0n) is 10.9. The van der Waals surface area contributed by atoms with Crippen molar-refractivity contribution in [2.75, 3.05) is 18.8 Å². The Morgan fingerprint density at radius 3 is 2.44 bits per heavy atom. The maximum atomic E-state index is 11.3. The Hall–Kier alpha value is -0.360. The number of carbonyl (C=O) groups excluding carboxylic acids is 2. The predicted molar refractivity (Wildman–Crippen MR) is 81.4 cm³/mol. The van der Waals surface area contributed by atoms with Crippen LogP contribution in [0.15, 0.2) is 0 Å². The molecule has 0 spiro atoms. The minimum Gasteiger partial charge on any atom is -0.356 e. The van der Waals surface area contributed by atoms with Crippen molar-refractivity contribution in [1.82, 2.24) is 10.6 Å². The molecular weight excluding hydrogens is 268 g/mol. The van der Waals surface area contributed by atoms with E-state index in [4.69, 9.17) is 0 Å². The van der Waals surface area contributed by atoms with Crippen LogP contribution in [0.3, 0.4) is 0 Å². The van der Waals surface area contributed by atoms with Crippen LogP contribution in [0.4, 0.5) is 0 Å². The van der Waals surface area contributed by atoms with Gasteiger partial charge in [0.25, 0.3) is 0 Å². The molecule has 0 radical (unpaired) electrons. The summed E-state index contributed by atoms with van der Waals surface area (Å²) >= 11 is 8.51. The maximum absolute atomic E-state index is 11.3. The Morgan fingerprint density at radius 1 is 1.11 bits per heavy atom. The van der Waals surface area contributed by atoms with Crippen molar-refractivity contribution in [2.45, 2.75) is 44.3 Å². The van der Waals surface area contributed by atoms with E-state index in [0.717, 1.165) is 31.4 Å². The summed E-state index contributed by atoms with van der Waals surface area (Å²) in [5.74, 6) is 0.830. The Labute approximate surface area is 120 Å². The number of carbonyl (C=O) groups is 2. The van der Waals surface area contributed by atoms with Gasteiger partial charge in [-0.1, -0.05) is 0 Å². The van der Waals surface area contributed by atoms with Gasteiger partial charge in [-0.15, -0.1) is 0 Å². The summed E-state index contributed by atoms with van der Waals surface area (Å²) in [6, 6.07) is 0. The third-order valence-electron chi connectivity index (χ3n) is 2.45. The molecular formula is C12H24N2O2S2. The molecule has 0 aromatic carbocycles. The molecule has 0 fully saturated rings. The lowest BCUT2D eigenvalue weighted by molar-refractivity contribution is -0.121. The lowest BCUT2D eigenvalue weighted by atomic mass is 10.2. The van der Waals surface area contributed by atoms with E-state index in [2.05, 4.69) is 35.9 Å². The molecule has 0 saturated heterocycles. The van der Waals surface area contributed by atoms with Crippen LogP contribution >= 0.6 is 25.3 Å². The van der Waals surface area contributed by atoms with E-state index in [1.54, 1.807) is 0 Å². The molecule has 4 nitrogen and oxygen atoms in total. The van der Waals surface area contributed by atoms with Crippen molar-refractivity contribution < 1.29 is 9.59 Å². The lowest BCUT2D eigenvalue weighted by Gasteiger charge is -2.11. The fraction of sp³-hybridized carbons (Fsp3) is 0.833. The average Bonchev–Trinajstić information content (AvgIpc) is 2.32. The van der Waals surface area contributed by atoms with E-state index in [1.165, 1.54) is 6.92 Å². The van der Waals surface area contributed by atoms with Crippen LogP contribution in [-0.4, -0.2) is 35.9 Å². The number of thiol groups is 2. The van der Waals surface area contributed by atoms with Gasteiger partial charge in [0.2, 0.25) is 11.8 Å². The van der Waals surface area contributed by atoms with Gasteiger partial charge in [-0.25, -0.2) is 0 Å². The Kier molecular flexibility index (Phi) is 11.5.